The van der Waals surface area contributed by atoms with Crippen molar-refractivity contribution in [1.82, 2.24) is 4.98 Å². The summed E-state index contributed by atoms with van der Waals surface area (Å²) < 4.78 is 0. The van der Waals surface area contributed by atoms with Crippen molar-refractivity contribution in [2.45, 2.75) is 76.7 Å². The van der Waals surface area contributed by atoms with Crippen LogP contribution in [0.15, 0.2) is 18.5 Å². The minimum absolute atomic E-state index is 0.0794. The summed E-state index contributed by atoms with van der Waals surface area (Å²) in [6.45, 7) is 6.71. The molecule has 0 bridgehead atoms. The van der Waals surface area contributed by atoms with Crippen molar-refractivity contribution in [1.29, 1.82) is 0 Å². The topological polar surface area (TPSA) is 38.9 Å². The first-order chi connectivity index (χ1) is 8.89. The first kappa shape index (κ1) is 14.5. The van der Waals surface area contributed by atoms with Gasteiger partial charge in [-0.3, -0.25) is 4.98 Å². The summed E-state index contributed by atoms with van der Waals surface area (Å²) in [5.41, 5.74) is 9.42. The summed E-state index contributed by atoms with van der Waals surface area (Å²) in [5.74, 6) is 0. The Morgan fingerprint density at radius 1 is 1.16 bits per heavy atom. The van der Waals surface area contributed by atoms with Crippen LogP contribution in [-0.4, -0.2) is 10.5 Å². The van der Waals surface area contributed by atoms with Crippen LogP contribution in [-0.2, 0) is 11.8 Å². The van der Waals surface area contributed by atoms with E-state index >= 15 is 0 Å². The van der Waals surface area contributed by atoms with E-state index in [9.17, 15) is 0 Å². The van der Waals surface area contributed by atoms with E-state index < -0.39 is 0 Å². The number of hydrogen-bond donors (Lipinski definition) is 1. The summed E-state index contributed by atoms with van der Waals surface area (Å²) in [5, 5.41) is 0. The van der Waals surface area contributed by atoms with Crippen LogP contribution in [0.2, 0.25) is 0 Å². The van der Waals surface area contributed by atoms with Gasteiger partial charge in [-0.25, -0.2) is 0 Å². The zero-order valence-electron chi connectivity index (χ0n) is 12.7. The molecule has 106 valence electrons. The van der Waals surface area contributed by atoms with E-state index in [-0.39, 0.29) is 11.0 Å². The highest BCUT2D eigenvalue weighted by Gasteiger charge is 2.26. The van der Waals surface area contributed by atoms with Crippen molar-refractivity contribution in [2.24, 2.45) is 5.73 Å². The third kappa shape index (κ3) is 4.04. The van der Waals surface area contributed by atoms with E-state index in [1.54, 1.807) is 0 Å². The minimum atomic E-state index is 0.0794. The van der Waals surface area contributed by atoms with Gasteiger partial charge in [0, 0.05) is 17.9 Å². The lowest BCUT2D eigenvalue weighted by Gasteiger charge is -2.33. The molecule has 1 saturated carbocycles. The molecule has 2 nitrogen and oxygen atoms in total. The average molecular weight is 260 g/mol. The Labute approximate surface area is 117 Å². The maximum Gasteiger partial charge on any atom is 0.0305 e. The lowest BCUT2D eigenvalue weighted by atomic mass is 9.78. The molecule has 0 amide bonds. The van der Waals surface area contributed by atoms with E-state index in [0.29, 0.717) is 0 Å². The summed E-state index contributed by atoms with van der Waals surface area (Å²) in [7, 11) is 0. The van der Waals surface area contributed by atoms with Gasteiger partial charge < -0.3 is 5.73 Å². The van der Waals surface area contributed by atoms with Gasteiger partial charge in [0.25, 0.3) is 0 Å². The lowest BCUT2D eigenvalue weighted by Crippen LogP contribution is -2.42. The fourth-order valence-corrected chi connectivity index (χ4v) is 2.93. The number of pyridine rings is 1. The van der Waals surface area contributed by atoms with Crippen LogP contribution in [0.3, 0.4) is 0 Å². The Bertz CT molecular complexity index is 412. The van der Waals surface area contributed by atoms with Crippen LogP contribution >= 0.6 is 0 Å². The zero-order valence-corrected chi connectivity index (χ0v) is 12.7. The molecule has 0 unspecified atom stereocenters. The van der Waals surface area contributed by atoms with Crippen molar-refractivity contribution in [3.63, 3.8) is 0 Å². The standard InChI is InChI=1S/C17H28N2/c1-16(2,3)15-11-14(12-19-13-15)7-10-17(18)8-5-4-6-9-17/h11-13H,4-10,18H2,1-3H3. The molecule has 1 aromatic rings. The SMILES string of the molecule is CC(C)(C)c1cncc(CCC2(N)CCCCC2)c1. The number of nitrogens with two attached hydrogens (primary N) is 1. The van der Waals surface area contributed by atoms with E-state index in [2.05, 4.69) is 31.8 Å². The van der Waals surface area contributed by atoms with Gasteiger partial charge in [0.2, 0.25) is 0 Å². The Hall–Kier alpha value is -0.890. The van der Waals surface area contributed by atoms with Gasteiger partial charge in [0.05, 0.1) is 0 Å². The van der Waals surface area contributed by atoms with Crippen LogP contribution in [0.5, 0.6) is 0 Å². The smallest absolute Gasteiger partial charge is 0.0305 e. The molecule has 0 saturated heterocycles. The highest BCUT2D eigenvalue weighted by atomic mass is 14.7. The number of aryl methyl sites for hydroxylation is 1. The molecule has 1 aliphatic carbocycles. The van der Waals surface area contributed by atoms with Gasteiger partial charge in [-0.15, -0.1) is 0 Å². The fourth-order valence-electron chi connectivity index (χ4n) is 2.93. The Morgan fingerprint density at radius 3 is 2.47 bits per heavy atom. The van der Waals surface area contributed by atoms with Crippen LogP contribution in [0.1, 0.15) is 70.4 Å². The van der Waals surface area contributed by atoms with Crippen molar-refractivity contribution in [3.05, 3.63) is 29.6 Å². The van der Waals surface area contributed by atoms with Crippen LogP contribution < -0.4 is 5.73 Å². The molecule has 19 heavy (non-hydrogen) atoms. The molecule has 0 radical (unpaired) electrons. The lowest BCUT2D eigenvalue weighted by molar-refractivity contribution is 0.278. The maximum atomic E-state index is 6.51. The average Bonchev–Trinajstić information content (AvgIpc) is 2.37. The molecular formula is C17H28N2. The quantitative estimate of drug-likeness (QED) is 0.893. The molecule has 1 aromatic heterocycles. The van der Waals surface area contributed by atoms with Crippen LogP contribution in [0.4, 0.5) is 0 Å². The summed E-state index contributed by atoms with van der Waals surface area (Å²) in [4.78, 5) is 4.40. The van der Waals surface area contributed by atoms with Crippen LogP contribution in [0, 0.1) is 0 Å². The van der Waals surface area contributed by atoms with Gasteiger partial charge in [0.15, 0.2) is 0 Å². The minimum Gasteiger partial charge on any atom is -0.325 e. The summed E-state index contributed by atoms with van der Waals surface area (Å²) >= 11 is 0. The first-order valence-electron chi connectivity index (χ1n) is 7.62. The fraction of sp³-hybridized carbons (Fsp3) is 0.706. The molecule has 2 N–H and O–H groups in total. The predicted molar refractivity (Wildman–Crippen MR) is 81.3 cm³/mol. The number of aromatic nitrogens is 1. The third-order valence-electron chi connectivity index (χ3n) is 4.42. The van der Waals surface area contributed by atoms with Gasteiger partial charge in [-0.05, 0) is 42.2 Å². The molecule has 0 atom stereocenters. The Kier molecular flexibility index (Phi) is 4.29. The molecule has 1 aliphatic rings. The van der Waals surface area contributed by atoms with Crippen molar-refractivity contribution in [2.75, 3.05) is 0 Å². The normalized spacial score (nSPS) is 19.4. The van der Waals surface area contributed by atoms with Crippen molar-refractivity contribution in [3.8, 4) is 0 Å². The molecule has 2 heteroatoms. The second-order valence-electron chi connectivity index (χ2n) is 7.25. The Morgan fingerprint density at radius 2 is 1.84 bits per heavy atom. The van der Waals surface area contributed by atoms with Gasteiger partial charge in [-0.2, -0.15) is 0 Å². The predicted octanol–water partition coefficient (Wildman–Crippen LogP) is 3.97. The number of nitrogens with zero attached hydrogens (tertiary/aromatic N) is 1. The highest BCUT2D eigenvalue weighted by molar-refractivity contribution is 5.24. The van der Waals surface area contributed by atoms with Gasteiger partial charge in [0.1, 0.15) is 0 Å². The zero-order chi connectivity index (χ0) is 13.9. The van der Waals surface area contributed by atoms with Crippen molar-refractivity contribution < 1.29 is 0 Å². The number of hydrogen-bond acceptors (Lipinski definition) is 2. The van der Waals surface area contributed by atoms with Gasteiger partial charge >= 0.3 is 0 Å². The molecule has 0 aromatic carbocycles. The second kappa shape index (κ2) is 5.62. The largest absolute Gasteiger partial charge is 0.325 e. The van der Waals surface area contributed by atoms with Crippen LogP contribution in [0.25, 0.3) is 0 Å². The molecule has 0 aliphatic heterocycles. The highest BCUT2D eigenvalue weighted by Crippen LogP contribution is 2.30. The maximum absolute atomic E-state index is 6.51. The molecule has 2 rings (SSSR count). The van der Waals surface area contributed by atoms with E-state index in [0.717, 1.165) is 12.8 Å². The first-order valence-corrected chi connectivity index (χ1v) is 7.62. The third-order valence-corrected chi connectivity index (χ3v) is 4.42. The van der Waals surface area contributed by atoms with E-state index in [1.807, 2.05) is 12.4 Å². The van der Waals surface area contributed by atoms with Gasteiger partial charge in [-0.1, -0.05) is 46.1 Å². The van der Waals surface area contributed by atoms with Crippen molar-refractivity contribution >= 4 is 0 Å². The van der Waals surface area contributed by atoms with E-state index in [4.69, 9.17) is 5.73 Å². The second-order valence-corrected chi connectivity index (χ2v) is 7.25. The molecule has 1 fully saturated rings. The molecule has 1 heterocycles. The summed E-state index contributed by atoms with van der Waals surface area (Å²) in [6, 6.07) is 2.30. The van der Waals surface area contributed by atoms with E-state index in [1.165, 1.54) is 43.2 Å². The molecule has 0 spiro atoms. The summed E-state index contributed by atoms with van der Waals surface area (Å²) in [6.07, 6.45) is 12.5. The molecular weight excluding hydrogens is 232 g/mol. The monoisotopic (exact) mass is 260 g/mol. The number of rotatable bonds is 3. The Balaban J connectivity index is 1.99.